The first-order chi connectivity index (χ1) is 9.34. The number of alkyl halides is 3. The average Bonchev–Trinajstić information content (AvgIpc) is 2.77. The Kier molecular flexibility index (Phi) is 4.79. The lowest BCUT2D eigenvalue weighted by atomic mass is 10.0. The maximum atomic E-state index is 12.9. The van der Waals surface area contributed by atoms with Crippen LogP contribution in [0.25, 0.3) is 0 Å². The van der Waals surface area contributed by atoms with Crippen molar-refractivity contribution in [2.45, 2.75) is 12.2 Å². The number of nitrogens with one attached hydrogen (secondary N) is 1. The van der Waals surface area contributed by atoms with Gasteiger partial charge in [-0.25, -0.2) is 0 Å². The monoisotopic (exact) mass is 383 g/mol. The highest BCUT2D eigenvalue weighted by atomic mass is 79.9. The van der Waals surface area contributed by atoms with Gasteiger partial charge in [0.25, 0.3) is 0 Å². The Balaban J connectivity index is 2.49. The van der Waals surface area contributed by atoms with E-state index < -0.39 is 11.7 Å². The molecular formula is C13H10BrClF3NS. The fraction of sp³-hybridized carbons (Fsp3) is 0.231. The number of hydrogen-bond acceptors (Lipinski definition) is 2. The quantitative estimate of drug-likeness (QED) is 0.737. The number of benzene rings is 1. The van der Waals surface area contributed by atoms with Gasteiger partial charge in [0, 0.05) is 9.35 Å². The van der Waals surface area contributed by atoms with E-state index in [1.807, 2.05) is 5.38 Å². The predicted octanol–water partition coefficient (Wildman–Crippen LogP) is 5.49. The van der Waals surface area contributed by atoms with Crippen LogP contribution in [0.2, 0.25) is 5.02 Å². The standard InChI is InChI=1S/C13H10BrClF3NS/c1-19-11(12-10(15)4-5-20-12)7-2-3-9(14)8(6-7)13(16,17)18/h2-6,11,19H,1H3. The van der Waals surface area contributed by atoms with Crippen molar-refractivity contribution in [3.63, 3.8) is 0 Å². The summed E-state index contributed by atoms with van der Waals surface area (Å²) >= 11 is 10.4. The largest absolute Gasteiger partial charge is 0.417 e. The van der Waals surface area contributed by atoms with E-state index in [0.717, 1.165) is 10.9 Å². The molecule has 2 rings (SSSR count). The number of rotatable bonds is 3. The molecule has 0 aliphatic rings. The minimum absolute atomic E-state index is 0.0286. The number of halogens is 5. The van der Waals surface area contributed by atoms with Crippen molar-refractivity contribution >= 4 is 38.9 Å². The molecule has 2 aromatic rings. The second-order valence-electron chi connectivity index (χ2n) is 4.09. The zero-order valence-corrected chi connectivity index (χ0v) is 13.4. The van der Waals surface area contributed by atoms with E-state index in [1.165, 1.54) is 17.4 Å². The molecule has 0 saturated heterocycles. The maximum Gasteiger partial charge on any atom is 0.417 e. The number of thiophene rings is 1. The van der Waals surface area contributed by atoms with Crippen molar-refractivity contribution in [3.8, 4) is 0 Å². The van der Waals surface area contributed by atoms with Crippen molar-refractivity contribution in [2.75, 3.05) is 7.05 Å². The second kappa shape index (κ2) is 6.05. The summed E-state index contributed by atoms with van der Waals surface area (Å²) < 4.78 is 38.9. The summed E-state index contributed by atoms with van der Waals surface area (Å²) in [6, 6.07) is 5.56. The lowest BCUT2D eigenvalue weighted by Gasteiger charge is -2.18. The molecule has 1 nitrogen and oxygen atoms in total. The third kappa shape index (κ3) is 3.19. The lowest BCUT2D eigenvalue weighted by Crippen LogP contribution is -2.18. The number of hydrogen-bond donors (Lipinski definition) is 1. The van der Waals surface area contributed by atoms with Crippen molar-refractivity contribution < 1.29 is 13.2 Å². The molecule has 1 atom stereocenters. The van der Waals surface area contributed by atoms with Gasteiger partial charge in [-0.1, -0.05) is 33.6 Å². The molecule has 0 spiro atoms. The normalized spacial score (nSPS) is 13.5. The third-order valence-electron chi connectivity index (χ3n) is 2.82. The lowest BCUT2D eigenvalue weighted by molar-refractivity contribution is -0.138. The molecule has 0 aliphatic carbocycles. The van der Waals surface area contributed by atoms with Gasteiger partial charge < -0.3 is 5.32 Å². The molecule has 0 amide bonds. The van der Waals surface area contributed by atoms with Crippen LogP contribution in [0, 0.1) is 0 Å². The van der Waals surface area contributed by atoms with E-state index in [2.05, 4.69) is 21.2 Å². The molecular weight excluding hydrogens is 375 g/mol. The fourth-order valence-electron chi connectivity index (χ4n) is 1.90. The van der Waals surface area contributed by atoms with Crippen LogP contribution >= 0.6 is 38.9 Å². The summed E-state index contributed by atoms with van der Waals surface area (Å²) in [5.74, 6) is 0. The van der Waals surface area contributed by atoms with Crippen LogP contribution in [-0.2, 0) is 6.18 Å². The van der Waals surface area contributed by atoms with Crippen LogP contribution in [0.1, 0.15) is 22.0 Å². The Morgan fingerprint density at radius 3 is 2.50 bits per heavy atom. The average molecular weight is 385 g/mol. The Hall–Kier alpha value is -0.560. The van der Waals surface area contributed by atoms with Gasteiger partial charge in [-0.05, 0) is 36.2 Å². The van der Waals surface area contributed by atoms with Crippen molar-refractivity contribution in [2.24, 2.45) is 0 Å². The summed E-state index contributed by atoms with van der Waals surface area (Å²) in [5, 5.41) is 5.36. The van der Waals surface area contributed by atoms with Crippen LogP contribution in [-0.4, -0.2) is 7.05 Å². The Bertz CT molecular complexity index is 612. The highest BCUT2D eigenvalue weighted by molar-refractivity contribution is 9.10. The van der Waals surface area contributed by atoms with Crippen LogP contribution in [0.5, 0.6) is 0 Å². The van der Waals surface area contributed by atoms with E-state index >= 15 is 0 Å². The topological polar surface area (TPSA) is 12.0 Å². The smallest absolute Gasteiger partial charge is 0.309 e. The molecule has 1 N–H and O–H groups in total. The Morgan fingerprint density at radius 1 is 1.30 bits per heavy atom. The van der Waals surface area contributed by atoms with Crippen LogP contribution in [0.4, 0.5) is 13.2 Å². The predicted molar refractivity (Wildman–Crippen MR) is 79.4 cm³/mol. The molecule has 1 unspecified atom stereocenters. The van der Waals surface area contributed by atoms with Gasteiger partial charge in [-0.3, -0.25) is 0 Å². The summed E-state index contributed by atoms with van der Waals surface area (Å²) in [7, 11) is 1.69. The van der Waals surface area contributed by atoms with E-state index in [1.54, 1.807) is 19.2 Å². The highest BCUT2D eigenvalue weighted by Gasteiger charge is 2.33. The molecule has 0 bridgehead atoms. The summed E-state index contributed by atoms with van der Waals surface area (Å²) in [6.07, 6.45) is -4.40. The van der Waals surface area contributed by atoms with Crippen LogP contribution in [0.3, 0.4) is 0 Å². The van der Waals surface area contributed by atoms with E-state index in [-0.39, 0.29) is 10.5 Å². The van der Waals surface area contributed by atoms with Crippen LogP contribution < -0.4 is 5.32 Å². The van der Waals surface area contributed by atoms with E-state index in [9.17, 15) is 13.2 Å². The fourth-order valence-corrected chi connectivity index (χ4v) is 3.67. The van der Waals surface area contributed by atoms with E-state index in [4.69, 9.17) is 11.6 Å². The van der Waals surface area contributed by atoms with Gasteiger partial charge in [-0.2, -0.15) is 13.2 Å². The molecule has 20 heavy (non-hydrogen) atoms. The summed E-state index contributed by atoms with van der Waals surface area (Å²) in [5.41, 5.74) is -0.171. The molecule has 1 aromatic carbocycles. The minimum atomic E-state index is -4.40. The summed E-state index contributed by atoms with van der Waals surface area (Å²) in [4.78, 5) is 0.796. The van der Waals surface area contributed by atoms with Crippen LogP contribution in [0.15, 0.2) is 34.1 Å². The highest BCUT2D eigenvalue weighted by Crippen LogP contribution is 2.39. The third-order valence-corrected chi connectivity index (χ3v) is 4.94. The maximum absolute atomic E-state index is 12.9. The SMILES string of the molecule is CNC(c1ccc(Br)c(C(F)(F)F)c1)c1sccc1Cl. The van der Waals surface area contributed by atoms with E-state index in [0.29, 0.717) is 10.6 Å². The first-order valence-electron chi connectivity index (χ1n) is 5.61. The zero-order chi connectivity index (χ0) is 14.9. The molecule has 1 heterocycles. The second-order valence-corrected chi connectivity index (χ2v) is 6.30. The Labute approximate surface area is 131 Å². The molecule has 1 aromatic heterocycles. The van der Waals surface area contributed by atoms with Crippen molar-refractivity contribution in [1.82, 2.24) is 5.32 Å². The first-order valence-corrected chi connectivity index (χ1v) is 7.66. The molecule has 0 aliphatic heterocycles. The molecule has 0 fully saturated rings. The molecule has 0 saturated carbocycles. The zero-order valence-electron chi connectivity index (χ0n) is 10.3. The minimum Gasteiger partial charge on any atom is -0.309 e. The van der Waals surface area contributed by atoms with Gasteiger partial charge in [0.2, 0.25) is 0 Å². The van der Waals surface area contributed by atoms with Crippen molar-refractivity contribution in [1.29, 1.82) is 0 Å². The Morgan fingerprint density at radius 2 is 2.00 bits per heavy atom. The molecule has 108 valence electrons. The molecule has 7 heteroatoms. The van der Waals surface area contributed by atoms with Gasteiger partial charge >= 0.3 is 6.18 Å². The van der Waals surface area contributed by atoms with Gasteiger partial charge in [0.15, 0.2) is 0 Å². The van der Waals surface area contributed by atoms with Gasteiger partial charge in [0.1, 0.15) is 0 Å². The van der Waals surface area contributed by atoms with Crippen molar-refractivity contribution in [3.05, 3.63) is 55.1 Å². The molecule has 0 radical (unpaired) electrons. The first kappa shape index (κ1) is 15.8. The van der Waals surface area contributed by atoms with Gasteiger partial charge in [-0.15, -0.1) is 11.3 Å². The summed E-state index contributed by atoms with van der Waals surface area (Å²) in [6.45, 7) is 0. The van der Waals surface area contributed by atoms with Gasteiger partial charge in [0.05, 0.1) is 16.6 Å².